The van der Waals surface area contributed by atoms with Gasteiger partial charge in [0, 0.05) is 24.4 Å². The highest BCUT2D eigenvalue weighted by molar-refractivity contribution is 7.91. The van der Waals surface area contributed by atoms with E-state index >= 15 is 0 Å². The largest absolute Gasteiger partial charge is 0.461 e. The molecule has 8 heteroatoms. The number of sulfone groups is 1. The maximum Gasteiger partial charge on any atom is 0.333 e. The highest BCUT2D eigenvalue weighted by Gasteiger charge is 2.16. The summed E-state index contributed by atoms with van der Waals surface area (Å²) in [5.41, 5.74) is 2.70. The fourth-order valence-corrected chi connectivity index (χ4v) is 4.12. The lowest BCUT2D eigenvalue weighted by atomic mass is 10.2. The van der Waals surface area contributed by atoms with Crippen LogP contribution >= 0.6 is 0 Å². The van der Waals surface area contributed by atoms with Crippen molar-refractivity contribution < 1.29 is 17.9 Å². The zero-order chi connectivity index (χ0) is 21.6. The number of ether oxygens (including phenoxy) is 1. The van der Waals surface area contributed by atoms with E-state index < -0.39 is 15.8 Å². The van der Waals surface area contributed by atoms with Crippen LogP contribution in [0.4, 0.5) is 17.1 Å². The van der Waals surface area contributed by atoms with Crippen molar-refractivity contribution in [1.29, 1.82) is 0 Å². The highest BCUT2D eigenvalue weighted by Crippen LogP contribution is 2.25. The molecule has 0 aliphatic carbocycles. The van der Waals surface area contributed by atoms with Crippen molar-refractivity contribution in [2.24, 2.45) is 10.2 Å². The van der Waals surface area contributed by atoms with Crippen LogP contribution in [0.15, 0.2) is 75.8 Å². The number of rotatable bonds is 8. The molecule has 0 spiro atoms. The number of hydrogen-bond donors (Lipinski definition) is 0. The Morgan fingerprint density at radius 3 is 2.07 bits per heavy atom. The van der Waals surface area contributed by atoms with Crippen molar-refractivity contribution in [2.75, 3.05) is 30.3 Å². The third-order valence-corrected chi connectivity index (χ3v) is 6.43. The molecule has 30 heavy (non-hydrogen) atoms. The average Bonchev–Trinajstić information content (AvgIpc) is 3.27. The molecule has 0 amide bonds. The topological polar surface area (TPSA) is 88.4 Å². The molecule has 2 aromatic carbocycles. The summed E-state index contributed by atoms with van der Waals surface area (Å²) in [6.07, 6.45) is 2.46. The first-order chi connectivity index (χ1) is 14.3. The summed E-state index contributed by atoms with van der Waals surface area (Å²) >= 11 is 0. The van der Waals surface area contributed by atoms with Gasteiger partial charge in [-0.2, -0.15) is 10.2 Å². The third kappa shape index (κ3) is 5.76. The lowest BCUT2D eigenvalue weighted by Crippen LogP contribution is -2.17. The maximum absolute atomic E-state index is 12.3. The lowest BCUT2D eigenvalue weighted by Gasteiger charge is -2.17. The molecule has 158 valence electrons. The smallest absolute Gasteiger partial charge is 0.333 e. The van der Waals surface area contributed by atoms with Crippen molar-refractivity contribution in [3.05, 3.63) is 60.7 Å². The SMILES string of the molecule is C=C(C)C(=O)OCCS(=O)(=O)c1ccc(N=Nc2ccc(N3CCCC3)cc2)cc1. The summed E-state index contributed by atoms with van der Waals surface area (Å²) in [6, 6.07) is 14.0. The predicted octanol–water partition coefficient (Wildman–Crippen LogP) is 4.60. The monoisotopic (exact) mass is 427 g/mol. The number of hydrogen-bond acceptors (Lipinski definition) is 7. The Morgan fingerprint density at radius 2 is 1.53 bits per heavy atom. The number of esters is 1. The van der Waals surface area contributed by atoms with Gasteiger partial charge in [0.1, 0.15) is 6.61 Å². The molecule has 0 aromatic heterocycles. The normalized spacial score (nSPS) is 14.2. The minimum Gasteiger partial charge on any atom is -0.461 e. The van der Waals surface area contributed by atoms with Crippen molar-refractivity contribution >= 4 is 32.9 Å². The van der Waals surface area contributed by atoms with Crippen molar-refractivity contribution in [3.63, 3.8) is 0 Å². The van der Waals surface area contributed by atoms with Crippen LogP contribution in [0.25, 0.3) is 0 Å². The summed E-state index contributed by atoms with van der Waals surface area (Å²) in [4.78, 5) is 13.8. The van der Waals surface area contributed by atoms with Crippen molar-refractivity contribution in [1.82, 2.24) is 0 Å². The number of azo groups is 1. The Kier molecular flexibility index (Phi) is 6.99. The summed E-state index contributed by atoms with van der Waals surface area (Å²) in [5.74, 6) is -0.898. The molecule has 0 radical (unpaired) electrons. The van der Waals surface area contributed by atoms with E-state index in [2.05, 4.69) is 21.7 Å². The van der Waals surface area contributed by atoms with E-state index in [1.165, 1.54) is 37.6 Å². The van der Waals surface area contributed by atoms with Crippen LogP contribution in [-0.2, 0) is 19.4 Å². The zero-order valence-corrected chi connectivity index (χ0v) is 17.8. The average molecular weight is 428 g/mol. The Bertz CT molecular complexity index is 1020. The summed E-state index contributed by atoms with van der Waals surface area (Å²) in [7, 11) is -3.56. The number of carbonyl (C=O) groups excluding carboxylic acids is 1. The fourth-order valence-electron chi connectivity index (χ4n) is 3.03. The summed E-state index contributed by atoms with van der Waals surface area (Å²) < 4.78 is 29.5. The second-order valence-electron chi connectivity index (χ2n) is 7.14. The molecule has 1 fully saturated rings. The van der Waals surface area contributed by atoms with Crippen molar-refractivity contribution in [2.45, 2.75) is 24.7 Å². The first-order valence-electron chi connectivity index (χ1n) is 9.77. The van der Waals surface area contributed by atoms with Crippen LogP contribution in [0.1, 0.15) is 19.8 Å². The standard InChI is InChI=1S/C22H25N3O4S/c1-17(2)22(26)29-15-16-30(27,28)21-11-7-19(8-12-21)24-23-18-5-9-20(10-6-18)25-13-3-4-14-25/h5-12H,1,3-4,13-16H2,2H3. The van der Waals surface area contributed by atoms with E-state index in [9.17, 15) is 13.2 Å². The van der Waals surface area contributed by atoms with E-state index in [0.29, 0.717) is 5.69 Å². The van der Waals surface area contributed by atoms with Crippen molar-refractivity contribution in [3.8, 4) is 0 Å². The molecule has 1 aliphatic heterocycles. The summed E-state index contributed by atoms with van der Waals surface area (Å²) in [6.45, 7) is 6.92. The van der Waals surface area contributed by atoms with Gasteiger partial charge in [-0.25, -0.2) is 13.2 Å². The van der Waals surface area contributed by atoms with Crippen LogP contribution < -0.4 is 4.90 Å². The summed E-state index contributed by atoms with van der Waals surface area (Å²) in [5, 5.41) is 8.38. The molecule has 1 heterocycles. The van der Waals surface area contributed by atoms with Crippen LogP contribution in [0.3, 0.4) is 0 Å². The molecule has 0 bridgehead atoms. The van der Waals surface area contributed by atoms with E-state index in [4.69, 9.17) is 4.74 Å². The number of carbonyl (C=O) groups is 1. The Labute approximate surface area is 177 Å². The Morgan fingerprint density at radius 1 is 1.00 bits per heavy atom. The maximum atomic E-state index is 12.3. The van der Waals surface area contributed by atoms with Gasteiger partial charge in [-0.05, 0) is 68.3 Å². The molecule has 0 saturated carbocycles. The first-order valence-corrected chi connectivity index (χ1v) is 11.4. The van der Waals surface area contributed by atoms with E-state index in [-0.39, 0.29) is 22.8 Å². The molecule has 0 unspecified atom stereocenters. The van der Waals surface area contributed by atoms with Gasteiger partial charge < -0.3 is 9.64 Å². The van der Waals surface area contributed by atoms with Gasteiger partial charge in [-0.3, -0.25) is 0 Å². The number of nitrogens with zero attached hydrogens (tertiary/aromatic N) is 3. The molecule has 1 aliphatic rings. The van der Waals surface area contributed by atoms with Gasteiger partial charge in [0.15, 0.2) is 9.84 Å². The van der Waals surface area contributed by atoms with Crippen LogP contribution in [0.5, 0.6) is 0 Å². The number of benzene rings is 2. The molecule has 1 saturated heterocycles. The molecule has 0 atom stereocenters. The zero-order valence-electron chi connectivity index (χ0n) is 17.0. The quantitative estimate of drug-likeness (QED) is 0.349. The predicted molar refractivity (Wildman–Crippen MR) is 116 cm³/mol. The van der Waals surface area contributed by atoms with E-state index in [1.807, 2.05) is 24.3 Å². The first kappa shape index (κ1) is 21.7. The molecular weight excluding hydrogens is 402 g/mol. The Hall–Kier alpha value is -3.00. The fraction of sp³-hybridized carbons (Fsp3) is 0.318. The second-order valence-corrected chi connectivity index (χ2v) is 9.25. The number of anilines is 1. The Balaban J connectivity index is 1.58. The molecule has 3 rings (SSSR count). The van der Waals surface area contributed by atoms with Gasteiger partial charge in [0.2, 0.25) is 0 Å². The van der Waals surface area contributed by atoms with E-state index in [1.54, 1.807) is 12.1 Å². The molecule has 2 aromatic rings. The third-order valence-electron chi connectivity index (χ3n) is 4.73. The van der Waals surface area contributed by atoms with Gasteiger partial charge in [-0.15, -0.1) is 0 Å². The molecule has 7 nitrogen and oxygen atoms in total. The van der Waals surface area contributed by atoms with Crippen LogP contribution in [0.2, 0.25) is 0 Å². The second kappa shape index (κ2) is 9.67. The van der Waals surface area contributed by atoms with E-state index in [0.717, 1.165) is 18.8 Å². The van der Waals surface area contributed by atoms with Gasteiger partial charge in [0.05, 0.1) is 22.0 Å². The molecule has 0 N–H and O–H groups in total. The van der Waals surface area contributed by atoms with Gasteiger partial charge in [-0.1, -0.05) is 6.58 Å². The van der Waals surface area contributed by atoms with Crippen LogP contribution in [-0.4, -0.2) is 39.8 Å². The van der Waals surface area contributed by atoms with Gasteiger partial charge in [0.25, 0.3) is 0 Å². The van der Waals surface area contributed by atoms with Gasteiger partial charge >= 0.3 is 5.97 Å². The van der Waals surface area contributed by atoms with Crippen LogP contribution in [0, 0.1) is 0 Å². The highest BCUT2D eigenvalue weighted by atomic mass is 32.2. The lowest BCUT2D eigenvalue weighted by molar-refractivity contribution is -0.138. The minimum absolute atomic E-state index is 0.141. The molecular formula is C22H25N3O4S. The minimum atomic E-state index is -3.56.